The first-order chi connectivity index (χ1) is 23.7. The van der Waals surface area contributed by atoms with Crippen LogP contribution in [0.1, 0.15) is 40.7 Å². The van der Waals surface area contributed by atoms with Gasteiger partial charge in [-0.15, -0.1) is 0 Å². The number of aliphatic hydroxyl groups is 1. The van der Waals surface area contributed by atoms with E-state index in [0.717, 1.165) is 21.0 Å². The van der Waals surface area contributed by atoms with Gasteiger partial charge in [-0.3, -0.25) is 9.59 Å². The lowest BCUT2D eigenvalue weighted by molar-refractivity contribution is -0.142. The highest BCUT2D eigenvalue weighted by molar-refractivity contribution is 7.89. The Hall–Kier alpha value is -4.59. The van der Waals surface area contributed by atoms with E-state index in [4.69, 9.17) is 19.0 Å². The Bertz CT molecular complexity index is 1890. The fourth-order valence-corrected chi connectivity index (χ4v) is 7.82. The van der Waals surface area contributed by atoms with Crippen LogP contribution < -0.4 is 9.80 Å². The summed E-state index contributed by atoms with van der Waals surface area (Å²) in [6.45, 7) is 2.89. The lowest BCUT2D eigenvalue weighted by atomic mass is 9.88. The number of benzene rings is 4. The Morgan fingerprint density at radius 3 is 2.08 bits per heavy atom. The van der Waals surface area contributed by atoms with Crippen molar-refractivity contribution in [2.75, 3.05) is 25.0 Å². The maximum Gasteiger partial charge on any atom is 0.329 e. The summed E-state index contributed by atoms with van der Waals surface area (Å²) < 4.78 is 46.6. The predicted octanol–water partition coefficient (Wildman–Crippen LogP) is 4.65. The summed E-state index contributed by atoms with van der Waals surface area (Å²) in [6, 6.07) is 26.9. The normalized spacial score (nSPS) is 20.1. The molecule has 256 valence electrons. The number of carbonyl (C=O) groups is 2. The Morgan fingerprint density at radius 1 is 0.857 bits per heavy atom. The van der Waals surface area contributed by atoms with Gasteiger partial charge >= 0.3 is 5.97 Å². The van der Waals surface area contributed by atoms with E-state index in [0.29, 0.717) is 12.2 Å². The number of aryl methyl sites for hydroxylation is 1. The van der Waals surface area contributed by atoms with Crippen molar-refractivity contribution >= 4 is 27.5 Å². The number of anilines is 1. The quantitative estimate of drug-likeness (QED) is 0.121. The Balaban J connectivity index is 1.35. The largest absolute Gasteiger partial charge is 0.489 e. The monoisotopic (exact) mass is 686 g/mol. The summed E-state index contributed by atoms with van der Waals surface area (Å²) in [4.78, 5) is 32.4. The number of nitrogens with zero attached hydrogens (tertiary/aromatic N) is 2. The van der Waals surface area contributed by atoms with Gasteiger partial charge in [-0.05, 0) is 47.9 Å². The van der Waals surface area contributed by atoms with Crippen molar-refractivity contribution in [2.45, 2.75) is 56.6 Å². The van der Waals surface area contributed by atoms with Crippen LogP contribution in [0, 0.1) is 6.92 Å². The summed E-state index contributed by atoms with van der Waals surface area (Å²) in [7, 11) is -4.10. The van der Waals surface area contributed by atoms with Gasteiger partial charge in [-0.25, -0.2) is 13.5 Å². The van der Waals surface area contributed by atoms with Gasteiger partial charge in [0.15, 0.2) is 5.78 Å². The highest BCUT2D eigenvalue weighted by atomic mass is 32.2. The van der Waals surface area contributed by atoms with Crippen molar-refractivity contribution in [2.24, 2.45) is 0 Å². The minimum absolute atomic E-state index is 0.00677. The zero-order chi connectivity index (χ0) is 34.5. The molecule has 0 radical (unpaired) electrons. The maximum absolute atomic E-state index is 14.2. The smallest absolute Gasteiger partial charge is 0.329 e. The number of aliphatic hydroxyl groups excluding tert-OH is 1. The van der Waals surface area contributed by atoms with Crippen molar-refractivity contribution in [1.29, 1.82) is 0 Å². The molecule has 12 heteroatoms. The summed E-state index contributed by atoms with van der Waals surface area (Å²) >= 11 is 0. The van der Waals surface area contributed by atoms with Crippen LogP contribution in [0.25, 0.3) is 0 Å². The van der Waals surface area contributed by atoms with Crippen molar-refractivity contribution in [1.82, 2.24) is 4.31 Å². The van der Waals surface area contributed by atoms with Crippen LogP contribution in [0.2, 0.25) is 0 Å². The number of carbonyl (C=O) groups excluding carboxylic acids is 2. The molecule has 11 nitrogen and oxygen atoms in total. The molecule has 4 aromatic rings. The molecule has 0 spiro atoms. The number of ketones is 1. The van der Waals surface area contributed by atoms with Gasteiger partial charge in [0.2, 0.25) is 10.0 Å². The molecule has 0 aliphatic carbocycles. The van der Waals surface area contributed by atoms with Gasteiger partial charge in [-0.2, -0.15) is 4.31 Å². The van der Waals surface area contributed by atoms with Gasteiger partial charge in [0, 0.05) is 12.5 Å². The van der Waals surface area contributed by atoms with Crippen LogP contribution in [0.15, 0.2) is 102 Å². The average Bonchev–Trinajstić information content (AvgIpc) is 3.82. The Labute approximate surface area is 285 Å². The standard InChI is InChI=1S/C37H38N2O9S/c1-25-13-15-30(16-14-25)49(43,44)39-33-19-38(48-26(2)41)32-17-29(22-46-24-45-21-27-9-5-3-6-10-27)18-34(47-23-28-11-7-4-8-12-28)35(32)31(20-40)37(42)36(33)39/h3-18,31,33,36,40H,19-24H2,1-2H3/t31-,33-,36-,39?/m0/s1. The minimum atomic E-state index is -4.10. The molecule has 4 atom stereocenters. The fraction of sp³-hybridized carbons (Fsp3) is 0.297. The van der Waals surface area contributed by atoms with Crippen LogP contribution in [0.3, 0.4) is 0 Å². The first-order valence-electron chi connectivity index (χ1n) is 15.9. The molecule has 2 heterocycles. The Kier molecular flexibility index (Phi) is 10.4. The van der Waals surface area contributed by atoms with E-state index in [2.05, 4.69) is 0 Å². The first-order valence-corrected chi connectivity index (χ1v) is 17.3. The van der Waals surface area contributed by atoms with E-state index < -0.39 is 46.4 Å². The predicted molar refractivity (Wildman–Crippen MR) is 180 cm³/mol. The van der Waals surface area contributed by atoms with E-state index in [1.165, 1.54) is 24.1 Å². The molecule has 1 fully saturated rings. The van der Waals surface area contributed by atoms with Crippen molar-refractivity contribution in [3.63, 3.8) is 0 Å². The van der Waals surface area contributed by atoms with Crippen molar-refractivity contribution in [3.05, 3.63) is 125 Å². The van der Waals surface area contributed by atoms with Crippen LogP contribution >= 0.6 is 0 Å². The number of hydrogen-bond acceptors (Lipinski definition) is 10. The number of ether oxygens (including phenoxy) is 3. The molecule has 2 aliphatic rings. The van der Waals surface area contributed by atoms with Gasteiger partial charge in [0.25, 0.3) is 0 Å². The van der Waals surface area contributed by atoms with Gasteiger partial charge in [-0.1, -0.05) is 78.4 Å². The zero-order valence-electron chi connectivity index (χ0n) is 27.2. The molecule has 1 saturated heterocycles. The molecule has 1 N–H and O–H groups in total. The average molecular weight is 687 g/mol. The second-order valence-electron chi connectivity index (χ2n) is 12.0. The first kappa shape index (κ1) is 34.3. The van der Waals surface area contributed by atoms with Gasteiger partial charge in [0.05, 0.1) is 48.9 Å². The highest BCUT2D eigenvalue weighted by Gasteiger charge is 2.62. The molecule has 6 rings (SSSR count). The molecule has 0 saturated carbocycles. The second-order valence-corrected chi connectivity index (χ2v) is 13.9. The van der Waals surface area contributed by atoms with Crippen LogP contribution in [-0.4, -0.2) is 61.6 Å². The van der Waals surface area contributed by atoms with Gasteiger partial charge < -0.3 is 24.2 Å². The van der Waals surface area contributed by atoms with E-state index in [1.54, 1.807) is 24.3 Å². The lowest BCUT2D eigenvalue weighted by Gasteiger charge is -2.30. The number of hydroxylamine groups is 1. The SMILES string of the molecule is CC(=O)ON1C[C@H]2[C@@H](C(=O)[C@@H](CO)c3c(OCc4ccccc4)cc(COCOCc4ccccc4)cc31)N2S(=O)(=O)c1ccc(C)cc1. The number of Topliss-reactive ketones (excluding diaryl/α,β-unsaturated/α-hetero) is 1. The molecule has 4 aromatic carbocycles. The molecule has 2 aliphatic heterocycles. The molecule has 0 bridgehead atoms. The Morgan fingerprint density at radius 2 is 1.47 bits per heavy atom. The van der Waals surface area contributed by atoms with E-state index in [9.17, 15) is 23.1 Å². The number of rotatable bonds is 13. The second kappa shape index (κ2) is 14.9. The molecular weight excluding hydrogens is 648 g/mol. The minimum Gasteiger partial charge on any atom is -0.489 e. The molecule has 49 heavy (non-hydrogen) atoms. The number of hydrogen-bond donors (Lipinski definition) is 1. The van der Waals surface area contributed by atoms with E-state index in [-0.39, 0.29) is 48.4 Å². The third-order valence-electron chi connectivity index (χ3n) is 8.46. The summed E-state index contributed by atoms with van der Waals surface area (Å²) in [6.07, 6.45) is 0. The highest BCUT2D eigenvalue weighted by Crippen LogP contribution is 2.47. The number of fused-ring (bicyclic) bond motifs is 2. The third kappa shape index (κ3) is 7.69. The van der Waals surface area contributed by atoms with Crippen LogP contribution in [0.5, 0.6) is 5.75 Å². The summed E-state index contributed by atoms with van der Waals surface area (Å²) in [5, 5.41) is 12.0. The van der Waals surface area contributed by atoms with Crippen molar-refractivity contribution in [3.8, 4) is 5.75 Å². The van der Waals surface area contributed by atoms with Crippen LogP contribution in [0.4, 0.5) is 5.69 Å². The number of sulfonamides is 1. The topological polar surface area (TPSA) is 132 Å². The van der Waals surface area contributed by atoms with E-state index in [1.807, 2.05) is 67.6 Å². The third-order valence-corrected chi connectivity index (χ3v) is 10.4. The molecule has 0 amide bonds. The van der Waals surface area contributed by atoms with E-state index >= 15 is 0 Å². The molecular formula is C37H38N2O9S. The fourth-order valence-electron chi connectivity index (χ4n) is 6.07. The lowest BCUT2D eigenvalue weighted by Crippen LogP contribution is -2.37. The zero-order valence-corrected chi connectivity index (χ0v) is 28.0. The molecule has 1 unspecified atom stereocenters. The maximum atomic E-state index is 14.2. The molecule has 0 aromatic heterocycles. The van der Waals surface area contributed by atoms with Crippen molar-refractivity contribution < 1.29 is 42.2 Å². The summed E-state index contributed by atoms with van der Waals surface area (Å²) in [5.41, 5.74) is 3.93. The van der Waals surface area contributed by atoms with Crippen LogP contribution in [-0.2, 0) is 53.7 Å². The van der Waals surface area contributed by atoms with Gasteiger partial charge in [0.1, 0.15) is 25.2 Å². The summed E-state index contributed by atoms with van der Waals surface area (Å²) in [5.74, 6) is -2.04.